The second kappa shape index (κ2) is 8.55. The Balaban J connectivity index is 1.57. The van der Waals surface area contributed by atoms with Crippen molar-refractivity contribution < 1.29 is 24.2 Å². The molecule has 28 heavy (non-hydrogen) atoms. The molecular weight excluding hydrogens is 364 g/mol. The number of nitrogens with one attached hydrogen (secondary N) is 1. The van der Waals surface area contributed by atoms with E-state index in [0.717, 1.165) is 12.8 Å². The van der Waals surface area contributed by atoms with Gasteiger partial charge in [-0.1, -0.05) is 0 Å². The number of carboxylic acid groups (broad SMARTS) is 1. The third kappa shape index (κ3) is 4.30. The van der Waals surface area contributed by atoms with Gasteiger partial charge in [-0.15, -0.1) is 0 Å². The van der Waals surface area contributed by atoms with Crippen molar-refractivity contribution in [3.8, 4) is 11.5 Å². The van der Waals surface area contributed by atoms with E-state index in [1.807, 2.05) is 0 Å². The lowest BCUT2D eigenvalue weighted by Gasteiger charge is -2.32. The number of carbonyl (C=O) groups is 2. The van der Waals surface area contributed by atoms with Crippen molar-refractivity contribution in [2.75, 3.05) is 32.6 Å². The summed E-state index contributed by atoms with van der Waals surface area (Å²) in [6.45, 7) is 1.21. The average molecular weight is 386 g/mol. The molecule has 0 bridgehead atoms. The number of ether oxygens (including phenoxy) is 2. The zero-order chi connectivity index (χ0) is 20.1. The van der Waals surface area contributed by atoms with Crippen molar-refractivity contribution in [2.24, 2.45) is 0 Å². The lowest BCUT2D eigenvalue weighted by Crippen LogP contribution is -2.42. The molecule has 1 aliphatic heterocycles. The maximum absolute atomic E-state index is 12.8. The molecule has 0 atom stereocenters. The van der Waals surface area contributed by atoms with E-state index in [9.17, 15) is 9.59 Å². The van der Waals surface area contributed by atoms with Crippen LogP contribution in [-0.2, 0) is 0 Å². The van der Waals surface area contributed by atoms with E-state index in [0.29, 0.717) is 36.0 Å². The first-order chi connectivity index (χ1) is 13.5. The molecule has 1 amide bonds. The van der Waals surface area contributed by atoms with E-state index in [1.54, 1.807) is 30.2 Å². The van der Waals surface area contributed by atoms with Crippen LogP contribution in [0.5, 0.6) is 11.5 Å². The highest BCUT2D eigenvalue weighted by molar-refractivity contribution is 5.95. The molecular formula is C19H22N4O5. The highest BCUT2D eigenvalue weighted by Crippen LogP contribution is 2.28. The Morgan fingerprint density at radius 1 is 1.11 bits per heavy atom. The number of hydrogen-bond acceptors (Lipinski definition) is 7. The summed E-state index contributed by atoms with van der Waals surface area (Å²) in [5.74, 6) is 0.464. The molecule has 0 spiro atoms. The number of hydrogen-bond donors (Lipinski definition) is 2. The Bertz CT molecular complexity index is 848. The van der Waals surface area contributed by atoms with Crippen molar-refractivity contribution in [2.45, 2.75) is 18.9 Å². The van der Waals surface area contributed by atoms with Gasteiger partial charge in [-0.3, -0.25) is 4.79 Å². The van der Waals surface area contributed by atoms with Gasteiger partial charge in [-0.25, -0.2) is 14.8 Å². The third-order valence-electron chi connectivity index (χ3n) is 4.64. The minimum Gasteiger partial charge on any atom is -0.493 e. The van der Waals surface area contributed by atoms with E-state index in [1.165, 1.54) is 19.5 Å². The Morgan fingerprint density at radius 2 is 1.82 bits per heavy atom. The van der Waals surface area contributed by atoms with E-state index in [2.05, 4.69) is 15.3 Å². The largest absolute Gasteiger partial charge is 0.493 e. The summed E-state index contributed by atoms with van der Waals surface area (Å²) < 4.78 is 10.5. The van der Waals surface area contributed by atoms with Gasteiger partial charge in [0.25, 0.3) is 5.91 Å². The molecule has 2 heterocycles. The van der Waals surface area contributed by atoms with Crippen molar-refractivity contribution in [1.29, 1.82) is 0 Å². The van der Waals surface area contributed by atoms with Crippen LogP contribution in [0, 0.1) is 0 Å². The van der Waals surface area contributed by atoms with Gasteiger partial charge in [0.15, 0.2) is 17.2 Å². The second-order valence-electron chi connectivity index (χ2n) is 6.37. The minimum absolute atomic E-state index is 0.0509. The molecule has 148 valence electrons. The fourth-order valence-corrected chi connectivity index (χ4v) is 3.10. The molecule has 1 aliphatic rings. The molecule has 2 N–H and O–H groups in total. The van der Waals surface area contributed by atoms with Crippen LogP contribution in [0.15, 0.2) is 30.6 Å². The average Bonchev–Trinajstić information content (AvgIpc) is 2.73. The van der Waals surface area contributed by atoms with E-state index in [4.69, 9.17) is 14.6 Å². The van der Waals surface area contributed by atoms with Crippen LogP contribution in [0.4, 0.5) is 5.82 Å². The van der Waals surface area contributed by atoms with Gasteiger partial charge in [-0.05, 0) is 31.0 Å². The quantitative estimate of drug-likeness (QED) is 0.774. The molecule has 1 aromatic heterocycles. The van der Waals surface area contributed by atoms with Crippen LogP contribution in [0.1, 0.15) is 33.7 Å². The van der Waals surface area contributed by atoms with E-state index >= 15 is 0 Å². The molecule has 0 saturated carbocycles. The first kappa shape index (κ1) is 19.4. The number of piperidine rings is 1. The van der Waals surface area contributed by atoms with Crippen LogP contribution >= 0.6 is 0 Å². The number of amides is 1. The Morgan fingerprint density at radius 3 is 2.39 bits per heavy atom. The highest BCUT2D eigenvalue weighted by atomic mass is 16.5. The number of carbonyl (C=O) groups excluding carboxylic acids is 1. The van der Waals surface area contributed by atoms with Crippen molar-refractivity contribution >= 4 is 17.7 Å². The monoisotopic (exact) mass is 386 g/mol. The molecule has 3 rings (SSSR count). The lowest BCUT2D eigenvalue weighted by atomic mass is 10.0. The Hall–Kier alpha value is -3.36. The standard InChI is InChI=1S/C19H22N4O5/c1-27-15-4-3-12(9-16(15)28-2)18(24)23-7-5-13(6-8-23)22-17-11-20-14(10-21-17)19(25)26/h3-4,9-11,13H,5-8H2,1-2H3,(H,21,22)(H,25,26). The Labute approximate surface area is 162 Å². The third-order valence-corrected chi connectivity index (χ3v) is 4.64. The molecule has 9 heteroatoms. The molecule has 2 aromatic rings. The molecule has 1 fully saturated rings. The van der Waals surface area contributed by atoms with Gasteiger partial charge in [0.05, 0.1) is 26.6 Å². The zero-order valence-electron chi connectivity index (χ0n) is 15.7. The molecule has 0 radical (unpaired) electrons. The first-order valence-electron chi connectivity index (χ1n) is 8.85. The summed E-state index contributed by atoms with van der Waals surface area (Å²) in [6.07, 6.45) is 4.13. The summed E-state index contributed by atoms with van der Waals surface area (Å²) in [5, 5.41) is 12.1. The lowest BCUT2D eigenvalue weighted by molar-refractivity contribution is 0.0688. The van der Waals surface area contributed by atoms with Gasteiger partial charge in [-0.2, -0.15) is 0 Å². The number of nitrogens with zero attached hydrogens (tertiary/aromatic N) is 3. The maximum Gasteiger partial charge on any atom is 0.356 e. The van der Waals surface area contributed by atoms with Gasteiger partial charge >= 0.3 is 5.97 Å². The van der Waals surface area contributed by atoms with Crippen LogP contribution in [0.3, 0.4) is 0 Å². The van der Waals surface area contributed by atoms with Gasteiger partial charge in [0.1, 0.15) is 5.82 Å². The summed E-state index contributed by atoms with van der Waals surface area (Å²) in [7, 11) is 3.09. The van der Waals surface area contributed by atoms with Crippen LogP contribution < -0.4 is 14.8 Å². The topological polar surface area (TPSA) is 114 Å². The minimum atomic E-state index is -1.11. The zero-order valence-corrected chi connectivity index (χ0v) is 15.7. The summed E-state index contributed by atoms with van der Waals surface area (Å²) in [4.78, 5) is 33.3. The Kier molecular flexibility index (Phi) is 5.93. The number of carboxylic acids is 1. The fourth-order valence-electron chi connectivity index (χ4n) is 3.10. The maximum atomic E-state index is 12.8. The molecule has 0 unspecified atom stereocenters. The van der Waals surface area contributed by atoms with Crippen LogP contribution in [0.25, 0.3) is 0 Å². The summed E-state index contributed by atoms with van der Waals surface area (Å²) in [6, 6.07) is 5.28. The summed E-state index contributed by atoms with van der Waals surface area (Å²) >= 11 is 0. The van der Waals surface area contributed by atoms with Crippen LogP contribution in [-0.4, -0.2) is 65.2 Å². The molecule has 1 aromatic carbocycles. The highest BCUT2D eigenvalue weighted by Gasteiger charge is 2.24. The SMILES string of the molecule is COc1ccc(C(=O)N2CCC(Nc3cnc(C(=O)O)cn3)CC2)cc1OC. The normalized spacial score (nSPS) is 14.4. The number of aromatic carboxylic acids is 1. The number of methoxy groups -OCH3 is 2. The molecule has 9 nitrogen and oxygen atoms in total. The van der Waals surface area contributed by atoms with Crippen LogP contribution in [0.2, 0.25) is 0 Å². The summed E-state index contributed by atoms with van der Waals surface area (Å²) in [5.41, 5.74) is 0.458. The molecule has 1 saturated heterocycles. The predicted molar refractivity (Wildman–Crippen MR) is 101 cm³/mol. The van der Waals surface area contributed by atoms with Crippen molar-refractivity contribution in [3.63, 3.8) is 0 Å². The number of likely N-dealkylation sites (tertiary alicyclic amines) is 1. The van der Waals surface area contributed by atoms with E-state index < -0.39 is 5.97 Å². The van der Waals surface area contributed by atoms with Gasteiger partial charge in [0.2, 0.25) is 0 Å². The first-order valence-corrected chi connectivity index (χ1v) is 8.85. The molecule has 0 aliphatic carbocycles. The van der Waals surface area contributed by atoms with Crippen molar-refractivity contribution in [1.82, 2.24) is 14.9 Å². The second-order valence-corrected chi connectivity index (χ2v) is 6.37. The number of aromatic nitrogens is 2. The number of rotatable bonds is 6. The van der Waals surface area contributed by atoms with Crippen molar-refractivity contribution in [3.05, 3.63) is 41.9 Å². The van der Waals surface area contributed by atoms with Gasteiger partial charge < -0.3 is 24.8 Å². The fraction of sp³-hybridized carbons (Fsp3) is 0.368. The smallest absolute Gasteiger partial charge is 0.356 e. The number of anilines is 1. The predicted octanol–water partition coefficient (Wildman–Crippen LogP) is 1.91. The van der Waals surface area contributed by atoms with E-state index in [-0.39, 0.29) is 17.6 Å². The van der Waals surface area contributed by atoms with Gasteiger partial charge in [0, 0.05) is 24.7 Å². The number of benzene rings is 1.